The largest absolute Gasteiger partial charge is 0.382 e. The molecule has 1 aromatic heterocycles. The van der Waals surface area contributed by atoms with E-state index in [9.17, 15) is 0 Å². The highest BCUT2D eigenvalue weighted by atomic mass is 15.3. The third-order valence-corrected chi connectivity index (χ3v) is 3.21. The van der Waals surface area contributed by atoms with Crippen LogP contribution in [-0.2, 0) is 6.54 Å². The van der Waals surface area contributed by atoms with Crippen molar-refractivity contribution in [2.75, 3.05) is 5.73 Å². The molecule has 0 aliphatic heterocycles. The SMILES string of the molecule is Cc1cc(N)nn1C[C@@H]1CC[C@H]1C. The second-order valence-electron chi connectivity index (χ2n) is 4.21. The number of nitrogens with two attached hydrogens (primary N) is 1. The lowest BCUT2D eigenvalue weighted by atomic mass is 9.75. The highest BCUT2D eigenvalue weighted by molar-refractivity contribution is 5.28. The van der Waals surface area contributed by atoms with Crippen molar-refractivity contribution in [1.82, 2.24) is 9.78 Å². The molecule has 0 radical (unpaired) electrons. The van der Waals surface area contributed by atoms with E-state index in [0.717, 1.165) is 18.4 Å². The normalized spacial score (nSPS) is 27.2. The van der Waals surface area contributed by atoms with Crippen LogP contribution >= 0.6 is 0 Å². The molecule has 72 valence electrons. The van der Waals surface area contributed by atoms with Crippen LogP contribution in [0.15, 0.2) is 6.07 Å². The van der Waals surface area contributed by atoms with Gasteiger partial charge in [0.15, 0.2) is 0 Å². The van der Waals surface area contributed by atoms with Crippen LogP contribution in [0.4, 0.5) is 5.82 Å². The number of aromatic nitrogens is 2. The smallest absolute Gasteiger partial charge is 0.145 e. The number of hydrogen-bond acceptors (Lipinski definition) is 2. The zero-order chi connectivity index (χ0) is 9.42. The quantitative estimate of drug-likeness (QED) is 0.752. The van der Waals surface area contributed by atoms with Gasteiger partial charge in [-0.2, -0.15) is 5.10 Å². The van der Waals surface area contributed by atoms with Gasteiger partial charge in [-0.25, -0.2) is 0 Å². The Labute approximate surface area is 78.9 Å². The van der Waals surface area contributed by atoms with Gasteiger partial charge in [-0.05, 0) is 25.2 Å². The minimum Gasteiger partial charge on any atom is -0.382 e. The Kier molecular flexibility index (Phi) is 2.02. The molecule has 0 saturated heterocycles. The third-order valence-electron chi connectivity index (χ3n) is 3.21. The van der Waals surface area contributed by atoms with Crippen LogP contribution in [0.2, 0.25) is 0 Å². The van der Waals surface area contributed by atoms with Crippen LogP contribution in [0.3, 0.4) is 0 Å². The molecule has 1 aliphatic rings. The molecular weight excluding hydrogens is 162 g/mol. The van der Waals surface area contributed by atoms with Crippen molar-refractivity contribution in [1.29, 1.82) is 0 Å². The fourth-order valence-corrected chi connectivity index (χ4v) is 1.95. The zero-order valence-corrected chi connectivity index (χ0v) is 8.33. The summed E-state index contributed by atoms with van der Waals surface area (Å²) in [6.45, 7) is 5.42. The van der Waals surface area contributed by atoms with E-state index in [1.807, 2.05) is 10.7 Å². The molecule has 0 aromatic carbocycles. The average Bonchev–Trinajstić information content (AvgIpc) is 2.38. The van der Waals surface area contributed by atoms with Crippen LogP contribution in [0.25, 0.3) is 0 Å². The predicted octanol–water partition coefficient (Wildman–Crippen LogP) is 1.82. The van der Waals surface area contributed by atoms with Crippen molar-refractivity contribution in [2.45, 2.75) is 33.2 Å². The predicted molar refractivity (Wildman–Crippen MR) is 53.3 cm³/mol. The second kappa shape index (κ2) is 3.05. The monoisotopic (exact) mass is 179 g/mol. The summed E-state index contributed by atoms with van der Waals surface area (Å²) >= 11 is 0. The zero-order valence-electron chi connectivity index (χ0n) is 8.33. The topological polar surface area (TPSA) is 43.8 Å². The number of nitrogens with zero attached hydrogens (tertiary/aromatic N) is 2. The van der Waals surface area contributed by atoms with E-state index in [4.69, 9.17) is 5.73 Å². The van der Waals surface area contributed by atoms with Gasteiger partial charge in [0.25, 0.3) is 0 Å². The first-order valence-electron chi connectivity index (χ1n) is 4.96. The summed E-state index contributed by atoms with van der Waals surface area (Å²) < 4.78 is 2.04. The lowest BCUT2D eigenvalue weighted by Gasteiger charge is -2.33. The van der Waals surface area contributed by atoms with Crippen molar-refractivity contribution >= 4 is 5.82 Å². The maximum Gasteiger partial charge on any atom is 0.145 e. The van der Waals surface area contributed by atoms with Crippen molar-refractivity contribution in [3.63, 3.8) is 0 Å². The highest BCUT2D eigenvalue weighted by Crippen LogP contribution is 2.34. The lowest BCUT2D eigenvalue weighted by Crippen LogP contribution is -2.28. The Bertz CT molecular complexity index is 303. The van der Waals surface area contributed by atoms with E-state index in [1.165, 1.54) is 18.5 Å². The van der Waals surface area contributed by atoms with Gasteiger partial charge in [-0.3, -0.25) is 4.68 Å². The van der Waals surface area contributed by atoms with Crippen LogP contribution < -0.4 is 5.73 Å². The van der Waals surface area contributed by atoms with Crippen molar-refractivity contribution in [3.8, 4) is 0 Å². The molecule has 1 aliphatic carbocycles. The first-order chi connectivity index (χ1) is 6.16. The molecule has 2 N–H and O–H groups in total. The average molecular weight is 179 g/mol. The highest BCUT2D eigenvalue weighted by Gasteiger charge is 2.27. The van der Waals surface area contributed by atoms with E-state index >= 15 is 0 Å². The van der Waals surface area contributed by atoms with Gasteiger partial charge < -0.3 is 5.73 Å². The van der Waals surface area contributed by atoms with Crippen molar-refractivity contribution < 1.29 is 0 Å². The first-order valence-corrected chi connectivity index (χ1v) is 4.96. The molecule has 0 amide bonds. The Morgan fingerprint density at radius 3 is 2.77 bits per heavy atom. The molecule has 1 aromatic rings. The van der Waals surface area contributed by atoms with Gasteiger partial charge in [-0.15, -0.1) is 0 Å². The van der Waals surface area contributed by atoms with Crippen LogP contribution in [-0.4, -0.2) is 9.78 Å². The Morgan fingerprint density at radius 1 is 1.62 bits per heavy atom. The summed E-state index contributed by atoms with van der Waals surface area (Å²) in [4.78, 5) is 0. The molecule has 1 heterocycles. The Morgan fingerprint density at radius 2 is 2.38 bits per heavy atom. The maximum atomic E-state index is 5.62. The van der Waals surface area contributed by atoms with Gasteiger partial charge in [0.1, 0.15) is 5.82 Å². The fourth-order valence-electron chi connectivity index (χ4n) is 1.95. The molecule has 0 unspecified atom stereocenters. The standard InChI is InChI=1S/C10H17N3/c1-7-3-4-9(7)6-13-8(2)5-10(11)12-13/h5,7,9H,3-4,6H2,1-2H3,(H2,11,12)/t7-,9+/m1/s1. The Hall–Kier alpha value is -0.990. The van der Waals surface area contributed by atoms with Gasteiger partial charge in [-0.1, -0.05) is 13.3 Å². The number of nitrogen functional groups attached to an aromatic ring is 1. The molecule has 0 bridgehead atoms. The van der Waals surface area contributed by atoms with Gasteiger partial charge in [0.05, 0.1) is 0 Å². The molecule has 0 spiro atoms. The first kappa shape index (κ1) is 8.60. The number of anilines is 1. The van der Waals surface area contributed by atoms with Crippen LogP contribution in [0, 0.1) is 18.8 Å². The summed E-state index contributed by atoms with van der Waals surface area (Å²) in [5.41, 5.74) is 6.79. The summed E-state index contributed by atoms with van der Waals surface area (Å²) in [5, 5.41) is 4.26. The summed E-state index contributed by atoms with van der Waals surface area (Å²) in [6, 6.07) is 1.93. The fraction of sp³-hybridized carbons (Fsp3) is 0.700. The van der Waals surface area contributed by atoms with E-state index in [1.54, 1.807) is 0 Å². The number of aryl methyl sites for hydroxylation is 1. The molecule has 1 fully saturated rings. The molecule has 1 saturated carbocycles. The van der Waals surface area contributed by atoms with E-state index < -0.39 is 0 Å². The Balaban J connectivity index is 2.04. The molecule has 2 rings (SSSR count). The van der Waals surface area contributed by atoms with Crippen molar-refractivity contribution in [2.24, 2.45) is 11.8 Å². The summed E-state index contributed by atoms with van der Waals surface area (Å²) in [5.74, 6) is 2.33. The molecule has 2 atom stereocenters. The van der Waals surface area contributed by atoms with Crippen LogP contribution in [0.5, 0.6) is 0 Å². The summed E-state index contributed by atoms with van der Waals surface area (Å²) in [6.07, 6.45) is 2.72. The molecular formula is C10H17N3. The maximum absolute atomic E-state index is 5.62. The van der Waals surface area contributed by atoms with E-state index in [2.05, 4.69) is 18.9 Å². The number of rotatable bonds is 2. The minimum absolute atomic E-state index is 0.643. The molecule has 13 heavy (non-hydrogen) atoms. The van der Waals surface area contributed by atoms with E-state index in [0.29, 0.717) is 5.82 Å². The molecule has 3 nitrogen and oxygen atoms in total. The van der Waals surface area contributed by atoms with Gasteiger partial charge in [0, 0.05) is 18.3 Å². The second-order valence-corrected chi connectivity index (χ2v) is 4.21. The van der Waals surface area contributed by atoms with Gasteiger partial charge >= 0.3 is 0 Å². The third kappa shape index (κ3) is 1.55. The minimum atomic E-state index is 0.643. The van der Waals surface area contributed by atoms with Crippen LogP contribution in [0.1, 0.15) is 25.5 Å². The van der Waals surface area contributed by atoms with E-state index in [-0.39, 0.29) is 0 Å². The lowest BCUT2D eigenvalue weighted by molar-refractivity contribution is 0.164. The van der Waals surface area contributed by atoms with Gasteiger partial charge in [0.2, 0.25) is 0 Å². The van der Waals surface area contributed by atoms with Crippen molar-refractivity contribution in [3.05, 3.63) is 11.8 Å². The number of hydrogen-bond donors (Lipinski definition) is 1. The molecule has 3 heteroatoms. The summed E-state index contributed by atoms with van der Waals surface area (Å²) in [7, 11) is 0.